The summed E-state index contributed by atoms with van der Waals surface area (Å²) in [7, 11) is 0. The first kappa shape index (κ1) is 17.3. The Labute approximate surface area is 157 Å². The summed E-state index contributed by atoms with van der Waals surface area (Å²) in [6.07, 6.45) is 5.14. The van der Waals surface area contributed by atoms with Crippen molar-refractivity contribution in [1.29, 1.82) is 5.26 Å². The fraction of sp³-hybridized carbons (Fsp3) is 0.300. The van der Waals surface area contributed by atoms with Crippen molar-refractivity contribution in [3.63, 3.8) is 0 Å². The zero-order valence-electron chi connectivity index (χ0n) is 15.0. The molecule has 27 heavy (non-hydrogen) atoms. The molecule has 0 spiro atoms. The van der Waals surface area contributed by atoms with Gasteiger partial charge in [-0.25, -0.2) is 4.98 Å². The number of aromatic nitrogens is 4. The van der Waals surface area contributed by atoms with E-state index in [4.69, 9.17) is 9.84 Å². The number of morpholine rings is 1. The van der Waals surface area contributed by atoms with Gasteiger partial charge in [0.25, 0.3) is 0 Å². The molecule has 1 aliphatic rings. The average molecular weight is 360 g/mol. The smallest absolute Gasteiger partial charge is 0.166 e. The van der Waals surface area contributed by atoms with Gasteiger partial charge in [-0.15, -0.1) is 0 Å². The van der Waals surface area contributed by atoms with Gasteiger partial charge in [0.1, 0.15) is 11.8 Å². The topological polar surface area (TPSA) is 79.9 Å². The lowest BCUT2D eigenvalue weighted by molar-refractivity contribution is 0.0360. The van der Waals surface area contributed by atoms with Gasteiger partial charge in [-0.05, 0) is 12.1 Å². The van der Waals surface area contributed by atoms with E-state index in [0.29, 0.717) is 11.4 Å². The molecular formula is C20H20N6O. The van der Waals surface area contributed by atoms with Crippen LogP contribution in [0.2, 0.25) is 0 Å². The molecule has 1 saturated heterocycles. The van der Waals surface area contributed by atoms with Crippen molar-refractivity contribution in [1.82, 2.24) is 24.6 Å². The van der Waals surface area contributed by atoms with Gasteiger partial charge >= 0.3 is 0 Å². The van der Waals surface area contributed by atoms with Crippen LogP contribution < -0.4 is 0 Å². The Morgan fingerprint density at radius 3 is 2.70 bits per heavy atom. The molecule has 1 aliphatic heterocycles. The van der Waals surface area contributed by atoms with Crippen molar-refractivity contribution in [3.8, 4) is 28.6 Å². The number of ether oxygens (including phenoxy) is 1. The average Bonchev–Trinajstić information content (AvgIpc) is 3.22. The summed E-state index contributed by atoms with van der Waals surface area (Å²) in [4.78, 5) is 10.8. The zero-order chi connectivity index (χ0) is 18.5. The SMILES string of the molecule is N#Cc1nccnc1-c1cccc(-c2ccn(CCN3CCOCC3)n2)c1. The third-order valence-electron chi connectivity index (χ3n) is 4.63. The number of benzene rings is 1. The van der Waals surface area contributed by atoms with E-state index in [1.165, 1.54) is 6.20 Å². The second-order valence-electron chi connectivity index (χ2n) is 6.36. The number of hydrogen-bond donors (Lipinski definition) is 0. The molecule has 7 nitrogen and oxygen atoms in total. The summed E-state index contributed by atoms with van der Waals surface area (Å²) in [5, 5.41) is 14.0. The molecule has 4 rings (SSSR count). The number of nitrogens with zero attached hydrogens (tertiary/aromatic N) is 6. The minimum Gasteiger partial charge on any atom is -0.379 e. The van der Waals surface area contributed by atoms with Gasteiger partial charge in [0, 0.05) is 49.4 Å². The lowest BCUT2D eigenvalue weighted by Gasteiger charge is -2.26. The molecule has 1 fully saturated rings. The molecule has 2 aromatic heterocycles. The van der Waals surface area contributed by atoms with Crippen molar-refractivity contribution < 1.29 is 4.74 Å². The molecule has 0 unspecified atom stereocenters. The molecular weight excluding hydrogens is 340 g/mol. The van der Waals surface area contributed by atoms with Crippen LogP contribution in [0.25, 0.3) is 22.5 Å². The second-order valence-corrected chi connectivity index (χ2v) is 6.36. The van der Waals surface area contributed by atoms with E-state index in [2.05, 4.69) is 20.9 Å². The van der Waals surface area contributed by atoms with Crippen LogP contribution in [0.5, 0.6) is 0 Å². The van der Waals surface area contributed by atoms with Gasteiger partial charge in [-0.1, -0.05) is 18.2 Å². The third kappa shape index (κ3) is 4.03. The molecule has 0 bridgehead atoms. The van der Waals surface area contributed by atoms with Gasteiger partial charge < -0.3 is 4.74 Å². The third-order valence-corrected chi connectivity index (χ3v) is 4.63. The fourth-order valence-corrected chi connectivity index (χ4v) is 3.17. The maximum absolute atomic E-state index is 9.26. The predicted octanol–water partition coefficient (Wildman–Crippen LogP) is 2.21. The zero-order valence-corrected chi connectivity index (χ0v) is 15.0. The second kappa shape index (κ2) is 8.08. The van der Waals surface area contributed by atoms with E-state index >= 15 is 0 Å². The number of hydrogen-bond acceptors (Lipinski definition) is 6. The highest BCUT2D eigenvalue weighted by molar-refractivity contribution is 5.71. The highest BCUT2D eigenvalue weighted by Gasteiger charge is 2.12. The molecule has 1 aromatic carbocycles. The van der Waals surface area contributed by atoms with Crippen LogP contribution >= 0.6 is 0 Å². The van der Waals surface area contributed by atoms with E-state index < -0.39 is 0 Å². The van der Waals surface area contributed by atoms with Gasteiger partial charge in [0.05, 0.1) is 25.5 Å². The van der Waals surface area contributed by atoms with E-state index in [1.54, 1.807) is 6.20 Å². The molecule has 0 saturated carbocycles. The van der Waals surface area contributed by atoms with Crippen LogP contribution in [0.1, 0.15) is 5.69 Å². The summed E-state index contributed by atoms with van der Waals surface area (Å²) in [6, 6.07) is 12.0. The Hall–Kier alpha value is -3.08. The molecule has 0 aliphatic carbocycles. The maximum Gasteiger partial charge on any atom is 0.166 e. The molecule has 136 valence electrons. The summed E-state index contributed by atoms with van der Waals surface area (Å²) < 4.78 is 7.36. The number of nitriles is 1. The Kier molecular flexibility index (Phi) is 5.19. The molecule has 0 amide bonds. The first-order valence-corrected chi connectivity index (χ1v) is 8.99. The van der Waals surface area contributed by atoms with Gasteiger partial charge in [0.2, 0.25) is 0 Å². The molecule has 7 heteroatoms. The molecule has 0 N–H and O–H groups in total. The molecule has 3 aromatic rings. The standard InChI is InChI=1S/C20H20N6O/c21-15-19-20(23-6-5-22-19)17-3-1-2-16(14-17)18-4-7-26(24-18)9-8-25-10-12-27-13-11-25/h1-7,14H,8-13H2. The van der Waals surface area contributed by atoms with Crippen LogP contribution in [0.15, 0.2) is 48.9 Å². The van der Waals surface area contributed by atoms with Crippen LogP contribution in [-0.4, -0.2) is 57.5 Å². The minimum atomic E-state index is 0.325. The Morgan fingerprint density at radius 2 is 1.85 bits per heavy atom. The van der Waals surface area contributed by atoms with Gasteiger partial charge in [-0.2, -0.15) is 10.4 Å². The van der Waals surface area contributed by atoms with E-state index in [9.17, 15) is 5.26 Å². The summed E-state index contributed by atoms with van der Waals surface area (Å²) in [5.74, 6) is 0. The molecule has 3 heterocycles. The molecule has 0 radical (unpaired) electrons. The van der Waals surface area contributed by atoms with Crippen molar-refractivity contribution in [3.05, 3.63) is 54.6 Å². The Balaban J connectivity index is 1.51. The van der Waals surface area contributed by atoms with Crippen molar-refractivity contribution in [2.45, 2.75) is 6.54 Å². The summed E-state index contributed by atoms with van der Waals surface area (Å²) >= 11 is 0. The Bertz CT molecular complexity index is 955. The first-order chi connectivity index (χ1) is 13.3. The minimum absolute atomic E-state index is 0.325. The fourth-order valence-electron chi connectivity index (χ4n) is 3.17. The van der Waals surface area contributed by atoms with Crippen LogP contribution in [-0.2, 0) is 11.3 Å². The van der Waals surface area contributed by atoms with E-state index in [0.717, 1.165) is 56.2 Å². The monoisotopic (exact) mass is 360 g/mol. The lowest BCUT2D eigenvalue weighted by atomic mass is 10.0. The first-order valence-electron chi connectivity index (χ1n) is 8.99. The lowest BCUT2D eigenvalue weighted by Crippen LogP contribution is -2.38. The van der Waals surface area contributed by atoms with Crippen molar-refractivity contribution >= 4 is 0 Å². The maximum atomic E-state index is 9.26. The molecule has 0 atom stereocenters. The van der Waals surface area contributed by atoms with Crippen molar-refractivity contribution in [2.75, 3.05) is 32.8 Å². The van der Waals surface area contributed by atoms with Gasteiger partial charge in [0.15, 0.2) is 5.69 Å². The van der Waals surface area contributed by atoms with Crippen LogP contribution in [0.4, 0.5) is 0 Å². The highest BCUT2D eigenvalue weighted by atomic mass is 16.5. The van der Waals surface area contributed by atoms with Crippen molar-refractivity contribution in [2.24, 2.45) is 0 Å². The quantitative estimate of drug-likeness (QED) is 0.694. The van der Waals surface area contributed by atoms with E-state index in [1.807, 2.05) is 41.2 Å². The van der Waals surface area contributed by atoms with E-state index in [-0.39, 0.29) is 0 Å². The normalized spacial score (nSPS) is 14.8. The largest absolute Gasteiger partial charge is 0.379 e. The predicted molar refractivity (Wildman–Crippen MR) is 101 cm³/mol. The van der Waals surface area contributed by atoms with Gasteiger partial charge in [-0.3, -0.25) is 14.6 Å². The summed E-state index contributed by atoms with van der Waals surface area (Å²) in [6.45, 7) is 5.40. The Morgan fingerprint density at radius 1 is 1.04 bits per heavy atom. The van der Waals surface area contributed by atoms with Crippen LogP contribution in [0.3, 0.4) is 0 Å². The van der Waals surface area contributed by atoms with Crippen LogP contribution in [0, 0.1) is 11.3 Å². The number of rotatable bonds is 5. The highest BCUT2D eigenvalue weighted by Crippen LogP contribution is 2.25. The summed E-state index contributed by atoms with van der Waals surface area (Å²) in [5.41, 5.74) is 3.67.